The highest BCUT2D eigenvalue weighted by molar-refractivity contribution is 6.29. The molecule has 4 aliphatic rings. The van der Waals surface area contributed by atoms with Gasteiger partial charge in [-0.15, -0.1) is 0 Å². The molecule has 0 amide bonds. The van der Waals surface area contributed by atoms with Gasteiger partial charge in [0.1, 0.15) is 5.60 Å². The highest BCUT2D eigenvalue weighted by Gasteiger charge is 2.63. The lowest BCUT2D eigenvalue weighted by atomic mass is 9.57. The monoisotopic (exact) mass is 352 g/mol. The first-order valence-corrected chi connectivity index (χ1v) is 9.28. The largest absolute Gasteiger partial charge is 0.380 e. The number of ketones is 2. The maximum absolute atomic E-state index is 12.4. The van der Waals surface area contributed by atoms with Gasteiger partial charge in [0, 0.05) is 10.8 Å². The fourth-order valence-electron chi connectivity index (χ4n) is 5.78. The number of carbonyl (C=O) groups excluding carboxylic acids is 3. The Morgan fingerprint density at radius 1 is 1.31 bits per heavy atom. The van der Waals surface area contributed by atoms with E-state index in [-0.39, 0.29) is 23.4 Å². The molecule has 0 aliphatic heterocycles. The maximum atomic E-state index is 12.4. The molecule has 2 fully saturated rings. The van der Waals surface area contributed by atoms with Gasteiger partial charge < -0.3 is 5.11 Å². The van der Waals surface area contributed by atoms with Gasteiger partial charge in [-0.05, 0) is 61.8 Å². The summed E-state index contributed by atoms with van der Waals surface area (Å²) in [5.41, 5.74) is 1.97. The number of rotatable bonds is 2. The van der Waals surface area contributed by atoms with E-state index < -0.39 is 16.8 Å². The number of Topliss-reactive ketones (excluding diaryl/α,β-unsaturated/α-hetero) is 1. The van der Waals surface area contributed by atoms with Crippen LogP contribution in [0.5, 0.6) is 0 Å². The average Bonchev–Trinajstić information content (AvgIpc) is 2.83. The van der Waals surface area contributed by atoms with Crippen LogP contribution < -0.4 is 0 Å². The molecular weight excluding hydrogens is 328 g/mol. The molecule has 0 radical (unpaired) electrons. The smallest absolute Gasteiger partial charge is 0.227 e. The third kappa shape index (κ3) is 1.86. The minimum atomic E-state index is -1.64. The molecule has 0 bridgehead atoms. The Morgan fingerprint density at radius 2 is 2.04 bits per heavy atom. The van der Waals surface area contributed by atoms with Crippen molar-refractivity contribution in [3.8, 4) is 0 Å². The van der Waals surface area contributed by atoms with E-state index >= 15 is 0 Å². The average molecular weight is 352 g/mol. The van der Waals surface area contributed by atoms with Gasteiger partial charge in [0.2, 0.25) is 5.78 Å². The summed E-state index contributed by atoms with van der Waals surface area (Å²) in [5.74, 6) is -0.977. The van der Waals surface area contributed by atoms with E-state index in [4.69, 9.17) is 0 Å². The van der Waals surface area contributed by atoms with Gasteiger partial charge in [0.25, 0.3) is 0 Å². The second-order valence-corrected chi connectivity index (χ2v) is 8.57. The molecule has 0 aromatic rings. The first-order chi connectivity index (χ1) is 12.2. The first kappa shape index (κ1) is 17.3. The topological polar surface area (TPSA) is 71.4 Å². The predicted molar refractivity (Wildman–Crippen MR) is 97.2 cm³/mol. The van der Waals surface area contributed by atoms with E-state index in [1.54, 1.807) is 12.2 Å². The van der Waals surface area contributed by atoms with Gasteiger partial charge in [0.15, 0.2) is 12.1 Å². The van der Waals surface area contributed by atoms with Crippen LogP contribution in [0.3, 0.4) is 0 Å². The van der Waals surface area contributed by atoms with Gasteiger partial charge in [0.05, 0.1) is 0 Å². The van der Waals surface area contributed by atoms with Crippen LogP contribution in [0.1, 0.15) is 46.5 Å². The van der Waals surface area contributed by atoms with E-state index in [0.717, 1.165) is 24.0 Å². The number of carbonyl (C=O) groups is 3. The van der Waals surface area contributed by atoms with Gasteiger partial charge in [-0.2, -0.15) is 0 Å². The van der Waals surface area contributed by atoms with Crippen molar-refractivity contribution in [2.45, 2.75) is 52.1 Å². The molecule has 0 saturated heterocycles. The van der Waals surface area contributed by atoms with Crippen molar-refractivity contribution in [3.05, 3.63) is 46.6 Å². The molecule has 26 heavy (non-hydrogen) atoms. The van der Waals surface area contributed by atoms with E-state index in [2.05, 4.69) is 13.0 Å². The zero-order valence-corrected chi connectivity index (χ0v) is 15.5. The van der Waals surface area contributed by atoms with Crippen LogP contribution in [0, 0.1) is 16.7 Å². The zero-order valence-electron chi connectivity index (χ0n) is 15.5. The van der Waals surface area contributed by atoms with Gasteiger partial charge in [-0.1, -0.05) is 37.1 Å². The summed E-state index contributed by atoms with van der Waals surface area (Å²) < 4.78 is 0. The number of allylic oxidation sites excluding steroid dienone is 7. The van der Waals surface area contributed by atoms with Gasteiger partial charge in [-0.25, -0.2) is 0 Å². The van der Waals surface area contributed by atoms with Crippen molar-refractivity contribution < 1.29 is 19.5 Å². The normalized spacial score (nSPS) is 41.1. The molecule has 4 heteroatoms. The minimum Gasteiger partial charge on any atom is -0.380 e. The lowest BCUT2D eigenvalue weighted by Crippen LogP contribution is -2.54. The van der Waals surface area contributed by atoms with E-state index in [1.807, 2.05) is 19.9 Å². The number of fused-ring (bicyclic) bond motifs is 4. The number of hydrogen-bond acceptors (Lipinski definition) is 4. The lowest BCUT2D eigenvalue weighted by molar-refractivity contribution is -0.155. The molecule has 1 N–H and O–H groups in total. The summed E-state index contributed by atoms with van der Waals surface area (Å²) >= 11 is 0. The summed E-state index contributed by atoms with van der Waals surface area (Å²) in [6.45, 7) is 5.91. The third-order valence-corrected chi connectivity index (χ3v) is 7.39. The second-order valence-electron chi connectivity index (χ2n) is 8.57. The molecule has 2 saturated carbocycles. The Bertz CT molecular complexity index is 871. The molecule has 0 aromatic carbocycles. The summed E-state index contributed by atoms with van der Waals surface area (Å²) in [5, 5.41) is 11.3. The SMILES string of the molecule is C[C@H]1CC2=C3CCC4=CC(=O)C=C[C@]4(C)C3=CC[C@]2(C)C1(O)C(=O)C=O. The highest BCUT2D eigenvalue weighted by atomic mass is 16.3. The number of aldehydes is 1. The Balaban J connectivity index is 1.87. The van der Waals surface area contributed by atoms with Crippen molar-refractivity contribution in [1.29, 1.82) is 0 Å². The fourth-order valence-corrected chi connectivity index (χ4v) is 5.78. The van der Waals surface area contributed by atoms with Crippen LogP contribution in [0.4, 0.5) is 0 Å². The van der Waals surface area contributed by atoms with Crippen molar-refractivity contribution in [3.63, 3.8) is 0 Å². The minimum absolute atomic E-state index is 0.0373. The Hall–Kier alpha value is -2.07. The van der Waals surface area contributed by atoms with Crippen molar-refractivity contribution in [1.82, 2.24) is 0 Å². The fraction of sp³-hybridized carbons (Fsp3) is 0.500. The van der Waals surface area contributed by atoms with E-state index in [9.17, 15) is 19.5 Å². The number of aliphatic hydroxyl groups is 1. The molecule has 4 atom stereocenters. The van der Waals surface area contributed by atoms with Crippen LogP contribution in [-0.2, 0) is 14.4 Å². The Kier molecular flexibility index (Phi) is 3.49. The summed E-state index contributed by atoms with van der Waals surface area (Å²) in [6.07, 6.45) is 10.5. The summed E-state index contributed by atoms with van der Waals surface area (Å²) in [6, 6.07) is 0. The van der Waals surface area contributed by atoms with Crippen molar-refractivity contribution >= 4 is 17.9 Å². The lowest BCUT2D eigenvalue weighted by Gasteiger charge is -2.47. The highest BCUT2D eigenvalue weighted by Crippen LogP contribution is 2.63. The van der Waals surface area contributed by atoms with E-state index in [1.165, 1.54) is 11.1 Å². The number of hydrogen-bond donors (Lipinski definition) is 1. The van der Waals surface area contributed by atoms with Crippen LogP contribution >= 0.6 is 0 Å². The summed E-state index contributed by atoms with van der Waals surface area (Å²) in [4.78, 5) is 35.4. The predicted octanol–water partition coefficient (Wildman–Crippen LogP) is 3.02. The third-order valence-electron chi connectivity index (χ3n) is 7.39. The molecule has 0 spiro atoms. The first-order valence-electron chi connectivity index (χ1n) is 9.28. The van der Waals surface area contributed by atoms with Gasteiger partial charge >= 0.3 is 0 Å². The van der Waals surface area contributed by atoms with Crippen molar-refractivity contribution in [2.24, 2.45) is 16.7 Å². The summed E-state index contributed by atoms with van der Waals surface area (Å²) in [7, 11) is 0. The Labute approximate surface area is 153 Å². The van der Waals surface area contributed by atoms with Crippen LogP contribution in [0.15, 0.2) is 46.6 Å². The van der Waals surface area contributed by atoms with Crippen molar-refractivity contribution in [2.75, 3.05) is 0 Å². The standard InChI is InChI=1S/C22H24O4/c1-13-10-18-16-5-4-14-11-15(24)6-8-20(14,2)17(16)7-9-21(18,3)22(13,26)19(25)12-23/h6-8,11-13,26H,4-5,9-10H2,1-3H3/t13-,20-,21-,22?/m0/s1. The quantitative estimate of drug-likeness (QED) is 0.612. The zero-order chi connectivity index (χ0) is 18.9. The molecule has 4 nitrogen and oxygen atoms in total. The molecule has 4 rings (SSSR count). The molecule has 136 valence electrons. The van der Waals surface area contributed by atoms with Gasteiger partial charge in [-0.3, -0.25) is 14.4 Å². The molecule has 1 unspecified atom stereocenters. The van der Waals surface area contributed by atoms with E-state index in [0.29, 0.717) is 12.8 Å². The maximum Gasteiger partial charge on any atom is 0.227 e. The second kappa shape index (κ2) is 5.23. The van der Waals surface area contributed by atoms with Crippen LogP contribution in [-0.4, -0.2) is 28.6 Å². The van der Waals surface area contributed by atoms with Crippen LogP contribution in [0.25, 0.3) is 0 Å². The molecule has 4 aliphatic carbocycles. The molecule has 0 heterocycles. The Morgan fingerprint density at radius 3 is 2.73 bits per heavy atom. The molecular formula is C22H24O4. The molecule has 0 aromatic heterocycles. The van der Waals surface area contributed by atoms with Crippen LogP contribution in [0.2, 0.25) is 0 Å².